The van der Waals surface area contributed by atoms with E-state index in [0.717, 1.165) is 5.56 Å². The second kappa shape index (κ2) is 11.2. The van der Waals surface area contributed by atoms with E-state index >= 15 is 0 Å². The number of nitrogens with zero attached hydrogens (tertiary/aromatic N) is 1. The van der Waals surface area contributed by atoms with E-state index in [-0.39, 0.29) is 22.4 Å². The van der Waals surface area contributed by atoms with E-state index in [2.05, 4.69) is 4.99 Å². The van der Waals surface area contributed by atoms with Crippen molar-refractivity contribution in [1.29, 1.82) is 0 Å². The minimum Gasteiger partial charge on any atom is -0.493 e. The third-order valence-corrected chi connectivity index (χ3v) is 4.77. The van der Waals surface area contributed by atoms with Gasteiger partial charge in [-0.05, 0) is 35.3 Å². The van der Waals surface area contributed by atoms with Gasteiger partial charge in [0.25, 0.3) is 0 Å². The fourth-order valence-corrected chi connectivity index (χ4v) is 2.88. The summed E-state index contributed by atoms with van der Waals surface area (Å²) in [6.45, 7) is 3.74. The molecule has 0 radical (unpaired) electrons. The predicted molar refractivity (Wildman–Crippen MR) is 118 cm³/mol. The van der Waals surface area contributed by atoms with Crippen LogP contribution < -0.4 is 9.47 Å². The minimum absolute atomic E-state index is 0.0794. The summed E-state index contributed by atoms with van der Waals surface area (Å²) in [5.74, 6) is -1.40. The molecule has 2 aromatic carbocycles. The van der Waals surface area contributed by atoms with Gasteiger partial charge in [0.1, 0.15) is 6.04 Å². The number of rotatable bonds is 9. The van der Waals surface area contributed by atoms with Crippen LogP contribution in [0.15, 0.2) is 53.5 Å². The molecule has 0 aliphatic carbocycles. The van der Waals surface area contributed by atoms with Crippen molar-refractivity contribution in [2.45, 2.75) is 26.3 Å². The third-order valence-electron chi connectivity index (χ3n) is 4.49. The Hall–Kier alpha value is -3.12. The van der Waals surface area contributed by atoms with Crippen molar-refractivity contribution in [2.24, 2.45) is 10.9 Å². The Morgan fingerprint density at radius 2 is 1.90 bits per heavy atom. The van der Waals surface area contributed by atoms with Crippen LogP contribution in [0.4, 0.5) is 0 Å². The lowest BCUT2D eigenvalue weighted by Gasteiger charge is -2.14. The number of benzene rings is 2. The van der Waals surface area contributed by atoms with E-state index in [1.54, 1.807) is 12.1 Å². The minimum atomic E-state index is -0.991. The Labute approximate surface area is 180 Å². The Morgan fingerprint density at radius 3 is 2.50 bits per heavy atom. The van der Waals surface area contributed by atoms with Gasteiger partial charge >= 0.3 is 11.9 Å². The van der Waals surface area contributed by atoms with Crippen LogP contribution in [0.5, 0.6) is 11.5 Å². The van der Waals surface area contributed by atoms with Crippen LogP contribution in [0.3, 0.4) is 0 Å². The summed E-state index contributed by atoms with van der Waals surface area (Å²) in [6.07, 6.45) is 5.04. The van der Waals surface area contributed by atoms with Crippen molar-refractivity contribution >= 4 is 35.8 Å². The first-order chi connectivity index (χ1) is 14.3. The molecule has 0 aromatic heterocycles. The molecule has 0 heterocycles. The van der Waals surface area contributed by atoms with E-state index in [4.69, 9.17) is 21.1 Å². The van der Waals surface area contributed by atoms with E-state index in [1.165, 1.54) is 25.5 Å². The van der Waals surface area contributed by atoms with Crippen LogP contribution in [0.25, 0.3) is 6.08 Å². The highest BCUT2D eigenvalue weighted by Crippen LogP contribution is 2.36. The van der Waals surface area contributed by atoms with Crippen molar-refractivity contribution < 1.29 is 24.2 Å². The average Bonchev–Trinajstić information content (AvgIpc) is 2.74. The second-order valence-corrected chi connectivity index (χ2v) is 7.05. The van der Waals surface area contributed by atoms with Gasteiger partial charge in [0.2, 0.25) is 0 Å². The molecule has 2 atom stereocenters. The molecule has 0 saturated carbocycles. The fourth-order valence-electron chi connectivity index (χ4n) is 2.62. The van der Waals surface area contributed by atoms with Gasteiger partial charge in [0.15, 0.2) is 11.5 Å². The summed E-state index contributed by atoms with van der Waals surface area (Å²) >= 11 is 6.28. The summed E-state index contributed by atoms with van der Waals surface area (Å²) in [5.41, 5.74) is 1.39. The summed E-state index contributed by atoms with van der Waals surface area (Å²) in [6, 6.07) is 11.6. The third kappa shape index (κ3) is 6.46. The normalized spacial score (nSPS) is 13.3. The molecule has 0 saturated heterocycles. The molecule has 0 amide bonds. The number of carbonyl (C=O) groups excluding carboxylic acids is 1. The van der Waals surface area contributed by atoms with Gasteiger partial charge in [-0.15, -0.1) is 0 Å². The van der Waals surface area contributed by atoms with Crippen molar-refractivity contribution in [2.75, 3.05) is 7.11 Å². The average molecular weight is 430 g/mol. The molecule has 0 bridgehead atoms. The number of aliphatic carboxylic acids is 1. The highest BCUT2D eigenvalue weighted by atomic mass is 35.5. The van der Waals surface area contributed by atoms with Gasteiger partial charge in [-0.2, -0.15) is 0 Å². The van der Waals surface area contributed by atoms with E-state index < -0.39 is 18.0 Å². The Balaban J connectivity index is 2.21. The number of aliphatic imine (C=N–C) groups is 1. The first-order valence-electron chi connectivity index (χ1n) is 9.44. The van der Waals surface area contributed by atoms with Crippen molar-refractivity contribution in [3.8, 4) is 11.5 Å². The number of methoxy groups -OCH3 is 1. The first kappa shape index (κ1) is 23.2. The largest absolute Gasteiger partial charge is 0.493 e. The molecule has 0 fully saturated rings. The standard InChI is InChI=1S/C23H24ClNO5/c1-4-15(2)21(23(27)28)25-14-17-12-18(24)22(19(13-17)29-3)30-20(26)11-10-16-8-6-5-7-9-16/h5-15,21H,4H2,1-3H3,(H,27,28)/b11-10+,25-14+. The molecule has 30 heavy (non-hydrogen) atoms. The highest BCUT2D eigenvalue weighted by molar-refractivity contribution is 6.32. The van der Waals surface area contributed by atoms with Gasteiger partial charge in [0, 0.05) is 12.3 Å². The number of carbonyl (C=O) groups is 2. The zero-order valence-electron chi connectivity index (χ0n) is 17.0. The Kier molecular flexibility index (Phi) is 8.62. The van der Waals surface area contributed by atoms with Crippen LogP contribution in [0.2, 0.25) is 5.02 Å². The maximum atomic E-state index is 12.2. The lowest BCUT2D eigenvalue weighted by molar-refractivity contribution is -0.139. The molecule has 1 N–H and O–H groups in total. The summed E-state index contributed by atoms with van der Waals surface area (Å²) in [5, 5.41) is 9.50. The number of carboxylic acid groups (broad SMARTS) is 1. The molecular formula is C23H24ClNO5. The van der Waals surface area contributed by atoms with Gasteiger partial charge in [-0.3, -0.25) is 4.99 Å². The highest BCUT2D eigenvalue weighted by Gasteiger charge is 2.22. The number of esters is 1. The number of halogens is 1. The molecular weight excluding hydrogens is 406 g/mol. The maximum Gasteiger partial charge on any atom is 0.336 e. The monoisotopic (exact) mass is 429 g/mol. The molecule has 0 aliphatic heterocycles. The number of hydrogen-bond acceptors (Lipinski definition) is 5. The quantitative estimate of drug-likeness (QED) is 0.265. The van der Waals surface area contributed by atoms with Crippen molar-refractivity contribution in [1.82, 2.24) is 0 Å². The molecule has 0 aliphatic rings. The zero-order chi connectivity index (χ0) is 22.1. The molecule has 2 aromatic rings. The molecule has 6 nitrogen and oxygen atoms in total. The van der Waals surface area contributed by atoms with Gasteiger partial charge < -0.3 is 14.6 Å². The Bertz CT molecular complexity index is 940. The summed E-state index contributed by atoms with van der Waals surface area (Å²) in [4.78, 5) is 27.8. The zero-order valence-corrected chi connectivity index (χ0v) is 17.8. The SMILES string of the molecule is CCC(C)C(/N=C/c1cc(Cl)c(OC(=O)/C=C/c2ccccc2)c(OC)c1)C(=O)O. The predicted octanol–water partition coefficient (Wildman–Crippen LogP) is 4.89. The van der Waals surface area contributed by atoms with Crippen molar-refractivity contribution in [3.63, 3.8) is 0 Å². The van der Waals surface area contributed by atoms with Gasteiger partial charge in [0.05, 0.1) is 12.1 Å². The van der Waals surface area contributed by atoms with Gasteiger partial charge in [-0.1, -0.05) is 62.2 Å². The van der Waals surface area contributed by atoms with E-state index in [1.807, 2.05) is 44.2 Å². The fraction of sp³-hybridized carbons (Fsp3) is 0.261. The van der Waals surface area contributed by atoms with E-state index in [0.29, 0.717) is 12.0 Å². The van der Waals surface area contributed by atoms with Crippen LogP contribution in [0.1, 0.15) is 31.4 Å². The van der Waals surface area contributed by atoms with Crippen LogP contribution in [-0.2, 0) is 9.59 Å². The lowest BCUT2D eigenvalue weighted by atomic mass is 10.00. The van der Waals surface area contributed by atoms with Crippen molar-refractivity contribution in [3.05, 3.63) is 64.7 Å². The Morgan fingerprint density at radius 1 is 1.20 bits per heavy atom. The second-order valence-electron chi connectivity index (χ2n) is 6.65. The summed E-state index contributed by atoms with van der Waals surface area (Å²) in [7, 11) is 1.42. The number of hydrogen-bond donors (Lipinski definition) is 1. The number of carboxylic acids is 1. The van der Waals surface area contributed by atoms with Crippen LogP contribution >= 0.6 is 11.6 Å². The first-order valence-corrected chi connectivity index (χ1v) is 9.82. The summed E-state index contributed by atoms with van der Waals surface area (Å²) < 4.78 is 10.6. The smallest absolute Gasteiger partial charge is 0.336 e. The molecule has 2 unspecified atom stereocenters. The molecule has 158 valence electrons. The van der Waals surface area contributed by atoms with Crippen LogP contribution in [0, 0.1) is 5.92 Å². The maximum absolute atomic E-state index is 12.2. The number of ether oxygens (including phenoxy) is 2. The van der Waals surface area contributed by atoms with Gasteiger partial charge in [-0.25, -0.2) is 9.59 Å². The van der Waals surface area contributed by atoms with Crippen LogP contribution in [-0.4, -0.2) is 36.4 Å². The molecule has 0 spiro atoms. The molecule has 2 rings (SSSR count). The molecule has 7 heteroatoms. The van der Waals surface area contributed by atoms with E-state index in [9.17, 15) is 14.7 Å². The topological polar surface area (TPSA) is 85.2 Å². The lowest BCUT2D eigenvalue weighted by Crippen LogP contribution is -2.25.